The van der Waals surface area contributed by atoms with Crippen molar-refractivity contribution in [1.29, 1.82) is 0 Å². The SMILES string of the molecule is C=C[C@H]1[C@@H](O[C@@H]2O[C@H](CO)[C@@H](O)C(O)(O)[C@@H]2OCNC)OC=C(C(=O)OC2CCCCC2)[C@H]1C=CC1CN(CCO)CC(C(=O)O)C1NC(N)=NCCCO. The van der Waals surface area contributed by atoms with Crippen LogP contribution in [0.15, 0.2) is 41.6 Å². The van der Waals surface area contributed by atoms with Crippen LogP contribution in [0.2, 0.25) is 0 Å². The van der Waals surface area contributed by atoms with Gasteiger partial charge >= 0.3 is 11.9 Å². The van der Waals surface area contributed by atoms with Gasteiger partial charge in [0.05, 0.1) is 49.7 Å². The number of aliphatic hydroxyl groups is 6. The van der Waals surface area contributed by atoms with Gasteiger partial charge in [0.2, 0.25) is 12.1 Å². The molecule has 4 aliphatic rings. The van der Waals surface area contributed by atoms with Crippen LogP contribution in [0.3, 0.4) is 0 Å². The van der Waals surface area contributed by atoms with Gasteiger partial charge in [0.1, 0.15) is 18.3 Å². The maximum Gasteiger partial charge on any atom is 0.338 e. The number of aliphatic carboxylic acids is 1. The number of likely N-dealkylation sites (tertiary alicyclic amines) is 1. The Morgan fingerprint density at radius 1 is 1.13 bits per heavy atom. The summed E-state index contributed by atoms with van der Waals surface area (Å²) in [5.41, 5.74) is 6.29. The molecule has 0 amide bonds. The second kappa shape index (κ2) is 21.4. The van der Waals surface area contributed by atoms with Gasteiger partial charge in [-0.3, -0.25) is 20.0 Å². The molecule has 3 unspecified atom stereocenters. The average molecular weight is 786 g/mol. The van der Waals surface area contributed by atoms with Crippen LogP contribution in [0.1, 0.15) is 38.5 Å². The lowest BCUT2D eigenvalue weighted by atomic mass is 9.79. The number of ether oxygens (including phenoxy) is 5. The van der Waals surface area contributed by atoms with E-state index >= 15 is 0 Å². The molecule has 0 aromatic rings. The molecule has 0 bridgehead atoms. The summed E-state index contributed by atoms with van der Waals surface area (Å²) in [6.07, 6.45) is 2.42. The first-order chi connectivity index (χ1) is 26.4. The molecule has 3 fully saturated rings. The molecule has 312 valence electrons. The van der Waals surface area contributed by atoms with Crippen molar-refractivity contribution in [3.8, 4) is 0 Å². The predicted molar refractivity (Wildman–Crippen MR) is 194 cm³/mol. The maximum atomic E-state index is 13.8. The molecule has 1 saturated carbocycles. The van der Waals surface area contributed by atoms with E-state index in [4.69, 9.17) is 29.4 Å². The molecule has 10 atom stereocenters. The van der Waals surface area contributed by atoms with Crippen molar-refractivity contribution >= 4 is 17.9 Å². The molecule has 55 heavy (non-hydrogen) atoms. The van der Waals surface area contributed by atoms with Crippen molar-refractivity contribution in [2.24, 2.45) is 34.4 Å². The summed E-state index contributed by atoms with van der Waals surface area (Å²) in [6, 6.07) is -0.776. The van der Waals surface area contributed by atoms with Crippen LogP contribution >= 0.6 is 0 Å². The van der Waals surface area contributed by atoms with Crippen molar-refractivity contribution < 1.29 is 69.0 Å². The lowest BCUT2D eigenvalue weighted by Crippen LogP contribution is -2.69. The average Bonchev–Trinajstić information content (AvgIpc) is 3.16. The Bertz CT molecular complexity index is 1340. The summed E-state index contributed by atoms with van der Waals surface area (Å²) in [4.78, 5) is 32.5. The number of hydrogen-bond donors (Lipinski definition) is 10. The van der Waals surface area contributed by atoms with E-state index in [0.29, 0.717) is 25.8 Å². The third-order valence-corrected chi connectivity index (χ3v) is 10.4. The number of carboxylic acid groups (broad SMARTS) is 1. The van der Waals surface area contributed by atoms with Crippen LogP contribution in [-0.4, -0.2) is 167 Å². The molecule has 19 heteroatoms. The fraction of sp³-hybridized carbons (Fsp3) is 0.750. The highest BCUT2D eigenvalue weighted by molar-refractivity contribution is 5.89. The topological polar surface area (TPSA) is 288 Å². The second-order valence-corrected chi connectivity index (χ2v) is 14.2. The van der Waals surface area contributed by atoms with E-state index in [1.165, 1.54) is 12.3 Å². The molecular formula is C36H59N5O14. The molecule has 11 N–H and O–H groups in total. The number of carbonyl (C=O) groups is 2. The number of esters is 1. The molecule has 0 radical (unpaired) electrons. The maximum absolute atomic E-state index is 13.8. The van der Waals surface area contributed by atoms with Crippen molar-refractivity contribution in [2.45, 2.75) is 87.3 Å². The summed E-state index contributed by atoms with van der Waals surface area (Å²) in [7, 11) is 1.54. The van der Waals surface area contributed by atoms with E-state index < -0.39 is 84.9 Å². The molecule has 0 spiro atoms. The van der Waals surface area contributed by atoms with Gasteiger partial charge in [0, 0.05) is 44.6 Å². The summed E-state index contributed by atoms with van der Waals surface area (Å²) in [5, 5.41) is 77.2. The van der Waals surface area contributed by atoms with E-state index in [2.05, 4.69) is 22.2 Å². The van der Waals surface area contributed by atoms with Crippen LogP contribution in [0.25, 0.3) is 0 Å². The standard InChI is InChI=1S/C36H59N5O14/c1-3-23-24(11-10-21-16-41(13-15-43)17-25(31(46)47)28(21)40-35(37)39-12-7-14-42)26(32(48)53-22-8-5-4-6-9-22)19-51-33(23)55-34-30(52-20-38-2)36(49,50)29(45)27(18-44)54-34/h3,10-11,19,21-25,27-30,33-34,38,42-45,49-50H,1,4-9,12-18,20H2,2H3,(H,46,47)(H3,37,39,40)/t21?,23-,24+,25?,27-,28?,29-,30-,33-,34+/m1/s1. The zero-order valence-electron chi connectivity index (χ0n) is 31.2. The lowest BCUT2D eigenvalue weighted by molar-refractivity contribution is -0.410. The monoisotopic (exact) mass is 785 g/mol. The number of allylic oxidation sites excluding steroid dienone is 1. The fourth-order valence-corrected chi connectivity index (χ4v) is 7.47. The summed E-state index contributed by atoms with van der Waals surface area (Å²) in [5.74, 6) is -7.94. The minimum atomic E-state index is -2.93. The van der Waals surface area contributed by atoms with Crippen molar-refractivity contribution in [2.75, 3.05) is 59.8 Å². The lowest BCUT2D eigenvalue weighted by Gasteiger charge is -2.47. The minimum Gasteiger partial charge on any atom is -0.481 e. The Kier molecular flexibility index (Phi) is 17.3. The third kappa shape index (κ3) is 11.4. The van der Waals surface area contributed by atoms with Gasteiger partial charge in [0.25, 0.3) is 0 Å². The highest BCUT2D eigenvalue weighted by atomic mass is 16.8. The summed E-state index contributed by atoms with van der Waals surface area (Å²) >= 11 is 0. The van der Waals surface area contributed by atoms with Gasteiger partial charge in [-0.1, -0.05) is 24.6 Å². The minimum absolute atomic E-state index is 0.00322. The Balaban J connectivity index is 1.71. The Labute approximate surface area is 320 Å². The number of nitrogens with two attached hydrogens (primary N) is 1. The normalized spacial score (nSPS) is 33.4. The number of aliphatic imine (C=N–C) groups is 1. The van der Waals surface area contributed by atoms with E-state index in [0.717, 1.165) is 19.3 Å². The van der Waals surface area contributed by atoms with Crippen molar-refractivity contribution in [1.82, 2.24) is 15.5 Å². The van der Waals surface area contributed by atoms with Gasteiger partial charge in [-0.05, 0) is 39.2 Å². The van der Waals surface area contributed by atoms with Crippen LogP contribution in [-0.2, 0) is 33.3 Å². The zero-order chi connectivity index (χ0) is 40.1. The van der Waals surface area contributed by atoms with Gasteiger partial charge in [0.15, 0.2) is 18.4 Å². The fourth-order valence-electron chi connectivity index (χ4n) is 7.47. The molecule has 3 heterocycles. The number of carbonyl (C=O) groups excluding carboxylic acids is 1. The molecular weight excluding hydrogens is 726 g/mol. The number of carboxylic acids is 1. The van der Waals surface area contributed by atoms with Gasteiger partial charge in [-0.25, -0.2) is 4.79 Å². The first-order valence-corrected chi connectivity index (χ1v) is 18.8. The number of aliphatic hydroxyl groups excluding tert-OH is 4. The number of hydrogen-bond acceptors (Lipinski definition) is 16. The molecule has 19 nitrogen and oxygen atoms in total. The van der Waals surface area contributed by atoms with Crippen LogP contribution in [0.4, 0.5) is 0 Å². The van der Waals surface area contributed by atoms with E-state index in [9.17, 15) is 45.3 Å². The number of guanidine groups is 1. The first kappa shape index (κ1) is 44.5. The summed E-state index contributed by atoms with van der Waals surface area (Å²) in [6.45, 7) is 3.52. The Hall–Kier alpha value is -3.21. The number of nitrogens with one attached hydrogen (secondary N) is 2. The first-order valence-electron chi connectivity index (χ1n) is 18.8. The van der Waals surface area contributed by atoms with Crippen LogP contribution in [0.5, 0.6) is 0 Å². The molecule has 2 saturated heterocycles. The number of β-amino-alcohol motifs (C(OH)–C–C–N with tert-alkyl or cyclic N) is 1. The molecule has 3 aliphatic heterocycles. The van der Waals surface area contributed by atoms with E-state index in [-0.39, 0.29) is 57.2 Å². The molecule has 0 aromatic heterocycles. The van der Waals surface area contributed by atoms with Crippen molar-refractivity contribution in [3.05, 3.63) is 36.6 Å². The van der Waals surface area contributed by atoms with Gasteiger partial charge < -0.3 is 70.5 Å². The molecule has 0 aromatic carbocycles. The highest BCUT2D eigenvalue weighted by Gasteiger charge is 2.57. The summed E-state index contributed by atoms with van der Waals surface area (Å²) < 4.78 is 29.4. The second-order valence-electron chi connectivity index (χ2n) is 14.2. The van der Waals surface area contributed by atoms with Crippen LogP contribution < -0.4 is 16.4 Å². The Morgan fingerprint density at radius 2 is 1.87 bits per heavy atom. The number of piperidine rings is 1. The van der Waals surface area contributed by atoms with E-state index in [1.807, 2.05) is 4.90 Å². The number of rotatable bonds is 18. The van der Waals surface area contributed by atoms with E-state index in [1.54, 1.807) is 19.2 Å². The smallest absolute Gasteiger partial charge is 0.338 e. The number of nitrogens with zero attached hydrogens (tertiary/aromatic N) is 2. The molecule has 4 rings (SSSR count). The Morgan fingerprint density at radius 3 is 2.51 bits per heavy atom. The van der Waals surface area contributed by atoms with Gasteiger partial charge in [-0.2, -0.15) is 0 Å². The zero-order valence-corrected chi connectivity index (χ0v) is 31.2. The third-order valence-electron chi connectivity index (χ3n) is 10.4. The highest BCUT2D eigenvalue weighted by Crippen LogP contribution is 2.39. The van der Waals surface area contributed by atoms with Gasteiger partial charge in [-0.15, -0.1) is 6.58 Å². The van der Waals surface area contributed by atoms with Crippen LogP contribution in [0, 0.1) is 23.7 Å². The predicted octanol–water partition coefficient (Wildman–Crippen LogP) is -2.30. The quantitative estimate of drug-likeness (QED) is 0.0175. The van der Waals surface area contributed by atoms with Crippen molar-refractivity contribution in [3.63, 3.8) is 0 Å². The largest absolute Gasteiger partial charge is 0.481 e. The molecule has 1 aliphatic carbocycles.